The van der Waals surface area contributed by atoms with E-state index in [1.54, 1.807) is 0 Å². The van der Waals surface area contributed by atoms with E-state index in [0.29, 0.717) is 0 Å². The first kappa shape index (κ1) is 20.0. The van der Waals surface area contributed by atoms with E-state index >= 15 is 0 Å². The summed E-state index contributed by atoms with van der Waals surface area (Å²) < 4.78 is 31.5. The van der Waals surface area contributed by atoms with E-state index in [1.807, 2.05) is 6.08 Å². The number of hydrogen-bond acceptors (Lipinski definition) is 2. The minimum Gasteiger partial charge on any atom is -0.426 e. The molecule has 0 heterocycles. The molecule has 2 nitrogen and oxygen atoms in total. The number of ether oxygens (including phenoxy) is 1. The van der Waals surface area contributed by atoms with Gasteiger partial charge in [-0.2, -0.15) is 0 Å². The number of carbonyl (C=O) groups is 1. The van der Waals surface area contributed by atoms with Gasteiger partial charge in [0, 0.05) is 6.07 Å². The summed E-state index contributed by atoms with van der Waals surface area (Å²) >= 11 is 0. The summed E-state index contributed by atoms with van der Waals surface area (Å²) in [5, 5.41) is 0. The normalized spacial score (nSPS) is 28.5. The monoisotopic (exact) mass is 376 g/mol. The first-order valence-electron chi connectivity index (χ1n) is 10.3. The Hall–Kier alpha value is -1.71. The zero-order valence-electron chi connectivity index (χ0n) is 16.0. The molecule has 0 radical (unpaired) electrons. The van der Waals surface area contributed by atoms with E-state index in [1.165, 1.54) is 38.2 Å². The molecule has 3 rings (SSSR count). The van der Waals surface area contributed by atoms with Crippen molar-refractivity contribution in [3.05, 3.63) is 42.5 Å². The molecule has 2 aliphatic rings. The van der Waals surface area contributed by atoms with E-state index in [-0.39, 0.29) is 17.6 Å². The van der Waals surface area contributed by atoms with Gasteiger partial charge in [0.15, 0.2) is 11.6 Å². The number of hydrogen-bond donors (Lipinski definition) is 0. The number of allylic oxidation sites excluding steroid dienone is 1. The highest BCUT2D eigenvalue weighted by atomic mass is 19.2. The van der Waals surface area contributed by atoms with Gasteiger partial charge in [0.1, 0.15) is 5.75 Å². The first-order valence-corrected chi connectivity index (χ1v) is 10.3. The lowest BCUT2D eigenvalue weighted by Crippen LogP contribution is -2.30. The molecule has 148 valence electrons. The number of rotatable bonds is 6. The Morgan fingerprint density at radius 3 is 2.22 bits per heavy atom. The van der Waals surface area contributed by atoms with Crippen LogP contribution in [0.3, 0.4) is 0 Å². The van der Waals surface area contributed by atoms with Crippen molar-refractivity contribution in [2.45, 2.75) is 64.2 Å². The Kier molecular flexibility index (Phi) is 7.03. The molecule has 2 aliphatic carbocycles. The Bertz CT molecular complexity index is 642. The molecule has 2 fully saturated rings. The van der Waals surface area contributed by atoms with E-state index in [0.717, 1.165) is 62.0 Å². The summed E-state index contributed by atoms with van der Waals surface area (Å²) in [5.74, 6) is 0.0967. The largest absolute Gasteiger partial charge is 0.426 e. The minimum atomic E-state index is -0.993. The van der Waals surface area contributed by atoms with Gasteiger partial charge in [-0.3, -0.25) is 4.79 Å². The van der Waals surface area contributed by atoms with Crippen LogP contribution in [0.5, 0.6) is 5.75 Å². The van der Waals surface area contributed by atoms with Gasteiger partial charge in [-0.1, -0.05) is 18.9 Å². The van der Waals surface area contributed by atoms with Crippen molar-refractivity contribution in [3.63, 3.8) is 0 Å². The molecule has 0 saturated heterocycles. The zero-order valence-corrected chi connectivity index (χ0v) is 16.0. The Morgan fingerprint density at radius 1 is 1.00 bits per heavy atom. The quantitative estimate of drug-likeness (QED) is 0.324. The lowest BCUT2D eigenvalue weighted by atomic mass is 9.69. The molecule has 1 aromatic rings. The molecular formula is C23H30F2O2. The first-order chi connectivity index (χ1) is 13.1. The third-order valence-corrected chi connectivity index (χ3v) is 6.55. The Labute approximate surface area is 161 Å². The molecule has 0 atom stereocenters. The van der Waals surface area contributed by atoms with Crippen LogP contribution >= 0.6 is 0 Å². The van der Waals surface area contributed by atoms with E-state index in [2.05, 4.69) is 6.58 Å². The Balaban J connectivity index is 1.42. The van der Waals surface area contributed by atoms with Crippen molar-refractivity contribution in [2.75, 3.05) is 0 Å². The highest BCUT2D eigenvalue weighted by molar-refractivity contribution is 5.75. The van der Waals surface area contributed by atoms with Gasteiger partial charge in [0.05, 0.1) is 5.92 Å². The van der Waals surface area contributed by atoms with Crippen LogP contribution in [0.25, 0.3) is 0 Å². The molecule has 0 bridgehead atoms. The number of halogens is 2. The molecule has 0 N–H and O–H groups in total. The van der Waals surface area contributed by atoms with Crippen LogP contribution < -0.4 is 4.74 Å². The average molecular weight is 376 g/mol. The maximum atomic E-state index is 13.3. The van der Waals surface area contributed by atoms with Crippen LogP contribution in [0.1, 0.15) is 64.2 Å². The number of benzene rings is 1. The second-order valence-electron chi connectivity index (χ2n) is 8.26. The predicted molar refractivity (Wildman–Crippen MR) is 102 cm³/mol. The molecule has 0 aliphatic heterocycles. The van der Waals surface area contributed by atoms with Crippen LogP contribution in [0.2, 0.25) is 0 Å². The van der Waals surface area contributed by atoms with Crippen LogP contribution in [-0.2, 0) is 4.79 Å². The van der Waals surface area contributed by atoms with E-state index in [9.17, 15) is 13.6 Å². The lowest BCUT2D eigenvalue weighted by Gasteiger charge is -2.37. The Morgan fingerprint density at radius 2 is 1.63 bits per heavy atom. The number of esters is 1. The van der Waals surface area contributed by atoms with Crippen LogP contribution in [-0.4, -0.2) is 5.97 Å². The average Bonchev–Trinajstić information content (AvgIpc) is 2.70. The van der Waals surface area contributed by atoms with Crippen LogP contribution in [0.4, 0.5) is 8.78 Å². The van der Waals surface area contributed by atoms with Crippen molar-refractivity contribution >= 4 is 5.97 Å². The fourth-order valence-corrected chi connectivity index (χ4v) is 4.87. The van der Waals surface area contributed by atoms with Gasteiger partial charge in [0.25, 0.3) is 0 Å². The SMILES string of the molecule is C=CCCC1CCC(C2CCC(C(=O)Oc3ccc(F)c(F)c3)CC2)CC1. The molecule has 4 heteroatoms. The van der Waals surface area contributed by atoms with Gasteiger partial charge < -0.3 is 4.74 Å². The van der Waals surface area contributed by atoms with Gasteiger partial charge in [-0.25, -0.2) is 8.78 Å². The van der Waals surface area contributed by atoms with Gasteiger partial charge in [0.2, 0.25) is 0 Å². The minimum absolute atomic E-state index is 0.0823. The molecule has 0 aromatic heterocycles. The number of carbonyl (C=O) groups excluding carboxylic acids is 1. The third-order valence-electron chi connectivity index (χ3n) is 6.55. The highest BCUT2D eigenvalue weighted by Gasteiger charge is 2.33. The summed E-state index contributed by atoms with van der Waals surface area (Å²) in [7, 11) is 0. The molecule has 2 saturated carbocycles. The highest BCUT2D eigenvalue weighted by Crippen LogP contribution is 2.42. The molecule has 0 amide bonds. The summed E-state index contributed by atoms with van der Waals surface area (Å²) in [5.41, 5.74) is 0. The topological polar surface area (TPSA) is 26.3 Å². The van der Waals surface area contributed by atoms with Crippen molar-refractivity contribution in [2.24, 2.45) is 23.7 Å². The maximum Gasteiger partial charge on any atom is 0.314 e. The zero-order chi connectivity index (χ0) is 19.2. The standard InChI is InChI=1S/C23H30F2O2/c1-2-3-4-16-5-7-17(8-6-16)18-9-11-19(12-10-18)23(26)27-20-13-14-21(24)22(25)15-20/h2,13-19H,1,3-12H2. The lowest BCUT2D eigenvalue weighted by molar-refractivity contribution is -0.140. The molecule has 0 unspecified atom stereocenters. The molecular weight excluding hydrogens is 346 g/mol. The van der Waals surface area contributed by atoms with E-state index < -0.39 is 11.6 Å². The van der Waals surface area contributed by atoms with Gasteiger partial charge in [-0.05, 0) is 81.3 Å². The molecule has 27 heavy (non-hydrogen) atoms. The van der Waals surface area contributed by atoms with Crippen molar-refractivity contribution in [3.8, 4) is 5.75 Å². The molecule has 1 aromatic carbocycles. The smallest absolute Gasteiger partial charge is 0.314 e. The van der Waals surface area contributed by atoms with E-state index in [4.69, 9.17) is 4.74 Å². The second kappa shape index (κ2) is 9.48. The van der Waals surface area contributed by atoms with Gasteiger partial charge >= 0.3 is 5.97 Å². The fraction of sp³-hybridized carbons (Fsp3) is 0.609. The van der Waals surface area contributed by atoms with Crippen molar-refractivity contribution in [1.29, 1.82) is 0 Å². The molecule has 0 spiro atoms. The van der Waals surface area contributed by atoms with Crippen LogP contribution in [0.15, 0.2) is 30.9 Å². The summed E-state index contributed by atoms with van der Waals surface area (Å²) in [4.78, 5) is 12.3. The third kappa shape index (κ3) is 5.40. The van der Waals surface area contributed by atoms with Crippen LogP contribution in [0, 0.1) is 35.3 Å². The summed E-state index contributed by atoms with van der Waals surface area (Å²) in [6, 6.07) is 3.22. The van der Waals surface area contributed by atoms with Crippen molar-refractivity contribution < 1.29 is 18.3 Å². The second-order valence-corrected chi connectivity index (χ2v) is 8.26. The summed E-state index contributed by atoms with van der Waals surface area (Å²) in [6.07, 6.45) is 13.5. The predicted octanol–water partition coefficient (Wildman–Crippen LogP) is 6.45. The fourth-order valence-electron chi connectivity index (χ4n) is 4.87. The van der Waals surface area contributed by atoms with Crippen molar-refractivity contribution in [1.82, 2.24) is 0 Å². The maximum absolute atomic E-state index is 13.3. The van der Waals surface area contributed by atoms with Gasteiger partial charge in [-0.15, -0.1) is 6.58 Å². The summed E-state index contributed by atoms with van der Waals surface area (Å²) in [6.45, 7) is 3.82.